The molecule has 1 aromatic carbocycles. The number of halogens is 5. The van der Waals surface area contributed by atoms with Gasteiger partial charge in [0.25, 0.3) is 11.8 Å². The van der Waals surface area contributed by atoms with Crippen LogP contribution in [0.15, 0.2) is 47.1 Å². The lowest BCUT2D eigenvalue weighted by Crippen LogP contribution is -2.44. The van der Waals surface area contributed by atoms with Gasteiger partial charge in [0.15, 0.2) is 5.69 Å². The van der Waals surface area contributed by atoms with Gasteiger partial charge >= 0.3 is 6.18 Å². The van der Waals surface area contributed by atoms with Crippen LogP contribution in [0.3, 0.4) is 0 Å². The van der Waals surface area contributed by atoms with Crippen LogP contribution in [-0.4, -0.2) is 73.0 Å². The van der Waals surface area contributed by atoms with Crippen molar-refractivity contribution in [3.05, 3.63) is 64.2 Å². The number of hydrogen-bond donors (Lipinski definition) is 2. The van der Waals surface area contributed by atoms with Crippen molar-refractivity contribution >= 4 is 56.1 Å². The Morgan fingerprint density at radius 3 is 2.34 bits per heavy atom. The predicted octanol–water partition coefficient (Wildman–Crippen LogP) is 3.90. The molecule has 1 fully saturated rings. The van der Waals surface area contributed by atoms with E-state index in [1.165, 1.54) is 34.1 Å². The standard InChI is InChI=1S/C22H20Cl2F3N7O3S/c23-14-2-1-3-15(24)19(14)34-11-17(18(32-34)20(28)35)31-13-4-5-16(29-10-13)21(36)33-6-8-38(37,9-7-33)30-12-22(25,26)27/h1-5,10-11,31H,6-9,12H2,(H2,28,35). The van der Waals surface area contributed by atoms with Gasteiger partial charge in [-0.25, -0.2) is 18.2 Å². The fourth-order valence-electron chi connectivity index (χ4n) is 3.62. The number of primary amides is 1. The number of carbonyl (C=O) groups excluding carboxylic acids is 2. The molecule has 16 heteroatoms. The van der Waals surface area contributed by atoms with Crippen molar-refractivity contribution in [1.29, 1.82) is 0 Å². The quantitative estimate of drug-likeness (QED) is 0.447. The zero-order chi connectivity index (χ0) is 27.7. The molecule has 10 nitrogen and oxygen atoms in total. The van der Waals surface area contributed by atoms with Crippen LogP contribution in [0.2, 0.25) is 10.0 Å². The summed E-state index contributed by atoms with van der Waals surface area (Å²) in [5.74, 6) is -1.57. The van der Waals surface area contributed by atoms with Crippen LogP contribution >= 0.6 is 23.2 Å². The largest absolute Gasteiger partial charge is 0.408 e. The van der Waals surface area contributed by atoms with E-state index < -0.39 is 34.3 Å². The number of nitrogens with one attached hydrogen (secondary N) is 1. The van der Waals surface area contributed by atoms with Gasteiger partial charge in [-0.1, -0.05) is 29.3 Å². The van der Waals surface area contributed by atoms with E-state index in [4.69, 9.17) is 28.9 Å². The average molecular weight is 590 g/mol. The topological polar surface area (TPSA) is 136 Å². The molecule has 0 aliphatic carbocycles. The monoisotopic (exact) mass is 589 g/mol. The number of benzene rings is 1. The fraction of sp³-hybridized carbons (Fsp3) is 0.273. The van der Waals surface area contributed by atoms with Crippen molar-refractivity contribution in [2.24, 2.45) is 10.1 Å². The van der Waals surface area contributed by atoms with Crippen LogP contribution < -0.4 is 11.1 Å². The van der Waals surface area contributed by atoms with Crippen LogP contribution in [0.5, 0.6) is 0 Å². The van der Waals surface area contributed by atoms with E-state index >= 15 is 0 Å². The molecule has 0 atom stereocenters. The Balaban J connectivity index is 1.47. The number of nitrogens with zero attached hydrogens (tertiary/aromatic N) is 5. The first-order valence-corrected chi connectivity index (χ1v) is 13.6. The zero-order valence-corrected chi connectivity index (χ0v) is 21.7. The summed E-state index contributed by atoms with van der Waals surface area (Å²) in [6, 6.07) is 7.85. The summed E-state index contributed by atoms with van der Waals surface area (Å²) in [6.07, 6.45) is -1.71. The van der Waals surface area contributed by atoms with Gasteiger partial charge in [-0.3, -0.25) is 9.59 Å². The summed E-state index contributed by atoms with van der Waals surface area (Å²) in [5, 5.41) is 7.75. The summed E-state index contributed by atoms with van der Waals surface area (Å²) >= 11 is 12.5. The number of amides is 2. The second-order valence-corrected chi connectivity index (χ2v) is 11.6. The molecule has 1 saturated heterocycles. The van der Waals surface area contributed by atoms with Gasteiger partial charge in [0, 0.05) is 24.6 Å². The molecule has 3 heterocycles. The third kappa shape index (κ3) is 6.37. The highest BCUT2D eigenvalue weighted by molar-refractivity contribution is 7.93. The third-order valence-electron chi connectivity index (χ3n) is 5.50. The number of anilines is 2. The minimum absolute atomic E-state index is 0.00747. The lowest BCUT2D eigenvalue weighted by Gasteiger charge is -2.28. The Labute approximate surface area is 225 Å². The number of hydrogen-bond acceptors (Lipinski definition) is 7. The molecule has 3 aromatic rings. The number of pyridine rings is 1. The summed E-state index contributed by atoms with van der Waals surface area (Å²) in [5.41, 5.74) is 6.45. The first-order valence-electron chi connectivity index (χ1n) is 11.0. The molecule has 0 saturated carbocycles. The summed E-state index contributed by atoms with van der Waals surface area (Å²) in [7, 11) is -3.03. The van der Waals surface area contributed by atoms with Crippen molar-refractivity contribution in [2.45, 2.75) is 6.18 Å². The second kappa shape index (κ2) is 10.8. The Kier molecular flexibility index (Phi) is 7.85. The SMILES string of the molecule is NC(=O)c1nn(-c2c(Cl)cccc2Cl)cc1Nc1ccc(C(=O)N2CCS(=O)(=NCC(F)(F)F)CC2)nc1. The van der Waals surface area contributed by atoms with Crippen molar-refractivity contribution in [3.8, 4) is 5.69 Å². The van der Waals surface area contributed by atoms with E-state index in [9.17, 15) is 27.0 Å². The molecular weight excluding hydrogens is 570 g/mol. The average Bonchev–Trinajstić information content (AvgIpc) is 3.26. The molecule has 1 aliphatic rings. The van der Waals surface area contributed by atoms with Gasteiger partial charge in [0.2, 0.25) is 0 Å². The molecule has 2 amide bonds. The highest BCUT2D eigenvalue weighted by atomic mass is 35.5. The van der Waals surface area contributed by atoms with E-state index in [0.717, 1.165) is 0 Å². The minimum Gasteiger partial charge on any atom is -0.364 e. The molecule has 3 N–H and O–H groups in total. The van der Waals surface area contributed by atoms with E-state index in [1.807, 2.05) is 0 Å². The summed E-state index contributed by atoms with van der Waals surface area (Å²) in [4.78, 5) is 30.3. The molecule has 202 valence electrons. The smallest absolute Gasteiger partial charge is 0.364 e. The second-order valence-electron chi connectivity index (χ2n) is 8.20. The van der Waals surface area contributed by atoms with Crippen molar-refractivity contribution in [2.75, 3.05) is 36.5 Å². The minimum atomic E-state index is -4.53. The Morgan fingerprint density at radius 2 is 1.79 bits per heavy atom. The highest BCUT2D eigenvalue weighted by Gasteiger charge is 2.30. The third-order valence-corrected chi connectivity index (χ3v) is 8.35. The Bertz CT molecular complexity index is 1470. The van der Waals surface area contributed by atoms with Gasteiger partial charge in [0.05, 0.1) is 43.5 Å². The van der Waals surface area contributed by atoms with E-state index in [0.29, 0.717) is 21.4 Å². The molecule has 0 bridgehead atoms. The molecule has 0 unspecified atom stereocenters. The van der Waals surface area contributed by atoms with Gasteiger partial charge < -0.3 is 16.0 Å². The van der Waals surface area contributed by atoms with E-state index in [1.54, 1.807) is 18.2 Å². The number of rotatable bonds is 6. The highest BCUT2D eigenvalue weighted by Crippen LogP contribution is 2.30. The summed E-state index contributed by atoms with van der Waals surface area (Å²) < 4.78 is 54.4. The van der Waals surface area contributed by atoms with Gasteiger partial charge in [0.1, 0.15) is 17.9 Å². The van der Waals surface area contributed by atoms with Crippen molar-refractivity contribution in [3.63, 3.8) is 0 Å². The Hall–Kier alpha value is -3.36. The lowest BCUT2D eigenvalue weighted by molar-refractivity contribution is -0.117. The van der Waals surface area contributed by atoms with E-state index in [-0.39, 0.29) is 41.7 Å². The Morgan fingerprint density at radius 1 is 1.13 bits per heavy atom. The zero-order valence-electron chi connectivity index (χ0n) is 19.4. The fourth-order valence-corrected chi connectivity index (χ4v) is 6.05. The first-order chi connectivity index (χ1) is 17.8. The molecule has 4 rings (SSSR count). The maximum Gasteiger partial charge on any atom is 0.408 e. The maximum absolute atomic E-state index is 12.8. The molecule has 1 aliphatic heterocycles. The van der Waals surface area contributed by atoms with Crippen LogP contribution in [0.25, 0.3) is 5.69 Å². The maximum atomic E-state index is 12.8. The van der Waals surface area contributed by atoms with Crippen LogP contribution in [0.4, 0.5) is 24.5 Å². The van der Waals surface area contributed by atoms with Gasteiger partial charge in [-0.2, -0.15) is 18.3 Å². The van der Waals surface area contributed by atoms with E-state index in [2.05, 4.69) is 19.8 Å². The normalized spacial score (nSPS) is 15.2. The number of aromatic nitrogens is 3. The summed E-state index contributed by atoms with van der Waals surface area (Å²) in [6.45, 7) is -1.49. The van der Waals surface area contributed by atoms with Crippen LogP contribution in [0.1, 0.15) is 21.0 Å². The number of para-hydroxylation sites is 1. The van der Waals surface area contributed by atoms with Gasteiger partial charge in [-0.05, 0) is 24.3 Å². The molecule has 0 spiro atoms. The van der Waals surface area contributed by atoms with Crippen LogP contribution in [0, 0.1) is 0 Å². The van der Waals surface area contributed by atoms with Crippen molar-refractivity contribution < 1.29 is 27.0 Å². The number of nitrogens with two attached hydrogens (primary N) is 1. The lowest BCUT2D eigenvalue weighted by atomic mass is 10.2. The number of alkyl halides is 3. The van der Waals surface area contributed by atoms with Crippen molar-refractivity contribution in [1.82, 2.24) is 19.7 Å². The molecule has 2 aromatic heterocycles. The molecule has 38 heavy (non-hydrogen) atoms. The molecule has 0 radical (unpaired) electrons. The molecular formula is C22H20Cl2F3N7O3S. The van der Waals surface area contributed by atoms with Crippen LogP contribution in [-0.2, 0) is 9.73 Å². The first kappa shape index (κ1) is 27.7. The van der Waals surface area contributed by atoms with Gasteiger partial charge in [-0.15, -0.1) is 0 Å². The predicted molar refractivity (Wildman–Crippen MR) is 137 cm³/mol. The number of carbonyl (C=O) groups is 2.